The number of pyridine rings is 1. The van der Waals surface area contributed by atoms with Crippen molar-refractivity contribution < 1.29 is 0 Å². The van der Waals surface area contributed by atoms with Crippen LogP contribution in [0.15, 0.2) is 22.8 Å². The second-order valence-corrected chi connectivity index (χ2v) is 5.89. The minimum atomic E-state index is 0.238. The number of aryl methyl sites for hydroxylation is 3. The van der Waals surface area contributed by atoms with Crippen LogP contribution in [0.2, 0.25) is 0 Å². The minimum absolute atomic E-state index is 0.238. The summed E-state index contributed by atoms with van der Waals surface area (Å²) in [7, 11) is 2.00. The highest BCUT2D eigenvalue weighted by atomic mass is 79.9. The smallest absolute Gasteiger partial charge is 0.0766 e. The summed E-state index contributed by atoms with van der Waals surface area (Å²) in [5.41, 5.74) is 4.70. The lowest BCUT2D eigenvalue weighted by molar-refractivity contribution is 0.536. The van der Waals surface area contributed by atoms with E-state index in [0.717, 1.165) is 35.2 Å². The van der Waals surface area contributed by atoms with Gasteiger partial charge in [0, 0.05) is 30.9 Å². The monoisotopic (exact) mass is 350 g/mol. The molecule has 1 unspecified atom stereocenters. The van der Waals surface area contributed by atoms with Crippen molar-refractivity contribution in [3.8, 4) is 0 Å². The molecule has 0 aromatic carbocycles. The molecule has 0 saturated carbocycles. The molecule has 0 spiro atoms. The zero-order chi connectivity index (χ0) is 15.4. The van der Waals surface area contributed by atoms with E-state index in [2.05, 4.69) is 62.8 Å². The topological polar surface area (TPSA) is 42.7 Å². The van der Waals surface area contributed by atoms with Crippen molar-refractivity contribution >= 4 is 15.9 Å². The molecule has 0 bridgehead atoms. The summed E-state index contributed by atoms with van der Waals surface area (Å²) >= 11 is 3.73. The van der Waals surface area contributed by atoms with Crippen molar-refractivity contribution in [3.05, 3.63) is 45.4 Å². The average Bonchev–Trinajstić information content (AvgIpc) is 2.81. The molecule has 2 rings (SSSR count). The van der Waals surface area contributed by atoms with Crippen LogP contribution in [-0.4, -0.2) is 21.8 Å². The van der Waals surface area contributed by atoms with Gasteiger partial charge in [0.1, 0.15) is 0 Å². The molecule has 2 aromatic heterocycles. The Balaban J connectivity index is 2.35. The fourth-order valence-electron chi connectivity index (χ4n) is 2.64. The van der Waals surface area contributed by atoms with Gasteiger partial charge in [0.05, 0.1) is 15.9 Å². The Bertz CT molecular complexity index is 606. The minimum Gasteiger partial charge on any atom is -0.313 e. The number of aromatic nitrogens is 3. The lowest BCUT2D eigenvalue weighted by atomic mass is 10.0. The first kappa shape index (κ1) is 16.2. The van der Waals surface area contributed by atoms with Gasteiger partial charge in [0.2, 0.25) is 0 Å². The van der Waals surface area contributed by atoms with Gasteiger partial charge < -0.3 is 5.32 Å². The summed E-state index contributed by atoms with van der Waals surface area (Å²) < 4.78 is 3.24. The van der Waals surface area contributed by atoms with Gasteiger partial charge in [-0.1, -0.05) is 13.0 Å². The first-order valence-electron chi connectivity index (χ1n) is 7.45. The first-order chi connectivity index (χ1) is 10.1. The van der Waals surface area contributed by atoms with E-state index in [9.17, 15) is 0 Å². The van der Waals surface area contributed by atoms with E-state index in [4.69, 9.17) is 0 Å². The molecule has 0 aliphatic rings. The Hall–Kier alpha value is -1.20. The maximum Gasteiger partial charge on any atom is 0.0766 e. The van der Waals surface area contributed by atoms with Crippen LogP contribution in [0, 0.1) is 6.92 Å². The Morgan fingerprint density at radius 3 is 2.71 bits per heavy atom. The zero-order valence-electron chi connectivity index (χ0n) is 13.2. The van der Waals surface area contributed by atoms with Crippen LogP contribution in [0.1, 0.15) is 42.5 Å². The predicted molar refractivity (Wildman–Crippen MR) is 89.5 cm³/mol. The van der Waals surface area contributed by atoms with Crippen molar-refractivity contribution in [3.63, 3.8) is 0 Å². The maximum absolute atomic E-state index is 4.68. The molecule has 2 aromatic rings. The van der Waals surface area contributed by atoms with Gasteiger partial charge in [0.15, 0.2) is 0 Å². The average molecular weight is 351 g/mol. The van der Waals surface area contributed by atoms with Gasteiger partial charge in [-0.25, -0.2) is 0 Å². The second-order valence-electron chi connectivity index (χ2n) is 5.10. The molecule has 114 valence electrons. The fraction of sp³-hybridized carbons (Fsp3) is 0.500. The van der Waals surface area contributed by atoms with Crippen LogP contribution >= 0.6 is 15.9 Å². The van der Waals surface area contributed by atoms with Gasteiger partial charge in [-0.3, -0.25) is 9.67 Å². The number of nitrogens with zero attached hydrogens (tertiary/aromatic N) is 3. The summed E-state index contributed by atoms with van der Waals surface area (Å²) in [6.45, 7) is 7.21. The molecule has 0 saturated heterocycles. The Labute approximate surface area is 135 Å². The molecule has 0 aliphatic carbocycles. The van der Waals surface area contributed by atoms with Crippen LogP contribution in [0.25, 0.3) is 0 Å². The molecule has 4 nitrogen and oxygen atoms in total. The lowest BCUT2D eigenvalue weighted by Gasteiger charge is -2.19. The third kappa shape index (κ3) is 3.35. The Morgan fingerprint density at radius 1 is 1.38 bits per heavy atom. The molecule has 21 heavy (non-hydrogen) atoms. The lowest BCUT2D eigenvalue weighted by Crippen LogP contribution is -2.22. The fourth-order valence-corrected chi connectivity index (χ4v) is 3.36. The number of nitrogens with one attached hydrogen (secondary N) is 1. The van der Waals surface area contributed by atoms with Crippen molar-refractivity contribution in [1.82, 2.24) is 20.1 Å². The van der Waals surface area contributed by atoms with Crippen LogP contribution < -0.4 is 5.32 Å². The van der Waals surface area contributed by atoms with E-state index in [1.807, 2.05) is 19.3 Å². The number of halogens is 1. The molecule has 2 heterocycles. The molecule has 0 fully saturated rings. The largest absolute Gasteiger partial charge is 0.313 e. The molecule has 1 N–H and O–H groups in total. The SMILES string of the molecule is CCc1nn(CC)c(CC(NC)c2cccnc2C)c1Br. The number of hydrogen-bond acceptors (Lipinski definition) is 3. The van der Waals surface area contributed by atoms with Crippen molar-refractivity contribution in [2.24, 2.45) is 0 Å². The van der Waals surface area contributed by atoms with Gasteiger partial charge in [-0.05, 0) is 54.9 Å². The van der Waals surface area contributed by atoms with Gasteiger partial charge in [-0.15, -0.1) is 0 Å². The van der Waals surface area contributed by atoms with Crippen LogP contribution in [0.5, 0.6) is 0 Å². The second kappa shape index (κ2) is 7.18. The van der Waals surface area contributed by atoms with Gasteiger partial charge in [0.25, 0.3) is 0 Å². The quantitative estimate of drug-likeness (QED) is 0.867. The van der Waals surface area contributed by atoms with E-state index in [0.29, 0.717) is 0 Å². The normalized spacial score (nSPS) is 12.6. The molecular weight excluding hydrogens is 328 g/mol. The molecular formula is C16H23BrN4. The Kier molecular flexibility index (Phi) is 5.53. The van der Waals surface area contributed by atoms with E-state index < -0.39 is 0 Å². The highest BCUT2D eigenvalue weighted by Gasteiger charge is 2.20. The summed E-state index contributed by atoms with van der Waals surface area (Å²) in [5.74, 6) is 0. The van der Waals surface area contributed by atoms with E-state index in [1.165, 1.54) is 11.3 Å². The van der Waals surface area contributed by atoms with Crippen molar-refractivity contribution in [2.45, 2.75) is 46.2 Å². The molecule has 5 heteroatoms. The van der Waals surface area contributed by atoms with Gasteiger partial charge in [-0.2, -0.15) is 5.10 Å². The predicted octanol–water partition coefficient (Wildman–Crippen LogP) is 3.43. The Morgan fingerprint density at radius 2 is 2.14 bits per heavy atom. The molecule has 0 aliphatic heterocycles. The van der Waals surface area contributed by atoms with Crippen LogP contribution in [-0.2, 0) is 19.4 Å². The van der Waals surface area contributed by atoms with E-state index in [1.54, 1.807) is 0 Å². The summed E-state index contributed by atoms with van der Waals surface area (Å²) in [6, 6.07) is 4.38. The van der Waals surface area contributed by atoms with Crippen molar-refractivity contribution in [2.75, 3.05) is 7.05 Å². The highest BCUT2D eigenvalue weighted by molar-refractivity contribution is 9.10. The van der Waals surface area contributed by atoms with E-state index in [-0.39, 0.29) is 6.04 Å². The first-order valence-corrected chi connectivity index (χ1v) is 8.24. The number of likely N-dealkylation sites (N-methyl/N-ethyl adjacent to an activating group) is 1. The third-order valence-corrected chi connectivity index (χ3v) is 4.78. The van der Waals surface area contributed by atoms with Crippen LogP contribution in [0.3, 0.4) is 0 Å². The third-order valence-electron chi connectivity index (χ3n) is 3.86. The molecule has 0 radical (unpaired) electrons. The van der Waals surface area contributed by atoms with E-state index >= 15 is 0 Å². The summed E-state index contributed by atoms with van der Waals surface area (Å²) in [4.78, 5) is 4.40. The number of hydrogen-bond donors (Lipinski definition) is 1. The van der Waals surface area contributed by atoms with Crippen molar-refractivity contribution in [1.29, 1.82) is 0 Å². The summed E-state index contributed by atoms with van der Waals surface area (Å²) in [5, 5.41) is 8.09. The zero-order valence-corrected chi connectivity index (χ0v) is 14.7. The number of rotatable bonds is 6. The molecule has 1 atom stereocenters. The highest BCUT2D eigenvalue weighted by Crippen LogP contribution is 2.28. The van der Waals surface area contributed by atoms with Crippen LogP contribution in [0.4, 0.5) is 0 Å². The van der Waals surface area contributed by atoms with Gasteiger partial charge >= 0.3 is 0 Å². The maximum atomic E-state index is 4.68. The molecule has 0 amide bonds. The summed E-state index contributed by atoms with van der Waals surface area (Å²) in [6.07, 6.45) is 3.67. The standard InChI is InChI=1S/C16H23BrN4/c1-5-13-16(17)15(21(6-2)20-13)10-14(18-4)12-8-7-9-19-11(12)3/h7-9,14,18H,5-6,10H2,1-4H3.